The first-order valence-corrected chi connectivity index (χ1v) is 5.33. The van der Waals surface area contributed by atoms with Crippen molar-refractivity contribution in [3.63, 3.8) is 0 Å². The topological polar surface area (TPSA) is 79.2 Å². The predicted molar refractivity (Wildman–Crippen MR) is 61.1 cm³/mol. The molecule has 90 valence electrons. The van der Waals surface area contributed by atoms with Gasteiger partial charge >= 0.3 is 6.03 Å². The molecule has 0 aliphatic heterocycles. The van der Waals surface area contributed by atoms with Crippen LogP contribution in [0.3, 0.4) is 0 Å². The number of aliphatic hydroxyl groups is 1. The zero-order valence-corrected chi connectivity index (χ0v) is 9.60. The zero-order valence-electron chi connectivity index (χ0n) is 9.60. The van der Waals surface area contributed by atoms with E-state index in [2.05, 4.69) is 15.7 Å². The highest BCUT2D eigenvalue weighted by atomic mass is 16.3. The SMILES string of the molecule is CCCC(O)CNC(=O)Nc1cnn(C)c1. The molecule has 0 radical (unpaired) electrons. The van der Waals surface area contributed by atoms with E-state index in [1.54, 1.807) is 24.1 Å². The maximum Gasteiger partial charge on any atom is 0.319 e. The minimum absolute atomic E-state index is 0.264. The number of hydrogen-bond donors (Lipinski definition) is 3. The zero-order chi connectivity index (χ0) is 12.0. The maximum absolute atomic E-state index is 11.4. The van der Waals surface area contributed by atoms with Crippen molar-refractivity contribution in [1.82, 2.24) is 15.1 Å². The quantitative estimate of drug-likeness (QED) is 0.691. The molecule has 0 aliphatic rings. The molecule has 1 atom stereocenters. The van der Waals surface area contributed by atoms with Crippen molar-refractivity contribution in [1.29, 1.82) is 0 Å². The number of carbonyl (C=O) groups excluding carboxylic acids is 1. The van der Waals surface area contributed by atoms with E-state index in [-0.39, 0.29) is 12.6 Å². The van der Waals surface area contributed by atoms with Crippen LogP contribution in [0.15, 0.2) is 12.4 Å². The summed E-state index contributed by atoms with van der Waals surface area (Å²) in [5, 5.41) is 18.5. The smallest absolute Gasteiger partial charge is 0.319 e. The highest BCUT2D eigenvalue weighted by molar-refractivity contribution is 5.88. The first-order valence-electron chi connectivity index (χ1n) is 5.33. The maximum atomic E-state index is 11.4. The Balaban J connectivity index is 2.26. The number of urea groups is 1. The van der Waals surface area contributed by atoms with Gasteiger partial charge in [-0.25, -0.2) is 4.79 Å². The lowest BCUT2D eigenvalue weighted by molar-refractivity contribution is 0.162. The number of aliphatic hydroxyl groups excluding tert-OH is 1. The molecular weight excluding hydrogens is 208 g/mol. The summed E-state index contributed by atoms with van der Waals surface area (Å²) in [7, 11) is 1.77. The summed E-state index contributed by atoms with van der Waals surface area (Å²) in [6, 6.07) is -0.330. The lowest BCUT2D eigenvalue weighted by atomic mass is 10.2. The summed E-state index contributed by atoms with van der Waals surface area (Å²) in [4.78, 5) is 11.4. The number of anilines is 1. The Morgan fingerprint density at radius 1 is 1.69 bits per heavy atom. The van der Waals surface area contributed by atoms with E-state index in [1.165, 1.54) is 0 Å². The molecule has 3 N–H and O–H groups in total. The normalized spacial score (nSPS) is 12.2. The average molecular weight is 226 g/mol. The molecular formula is C10H18N4O2. The van der Waals surface area contributed by atoms with Gasteiger partial charge in [-0.2, -0.15) is 5.10 Å². The third-order valence-corrected chi connectivity index (χ3v) is 2.08. The van der Waals surface area contributed by atoms with Crippen LogP contribution in [0.4, 0.5) is 10.5 Å². The van der Waals surface area contributed by atoms with Crippen LogP contribution in [0.25, 0.3) is 0 Å². The summed E-state index contributed by atoms with van der Waals surface area (Å²) < 4.78 is 1.60. The Hall–Kier alpha value is -1.56. The minimum atomic E-state index is -0.482. The standard InChI is InChI=1S/C10H18N4O2/c1-3-4-9(15)6-11-10(16)13-8-5-12-14(2)7-8/h5,7,9,15H,3-4,6H2,1-2H3,(H2,11,13,16). The number of hydrogen-bond acceptors (Lipinski definition) is 3. The number of nitrogens with one attached hydrogen (secondary N) is 2. The molecule has 0 spiro atoms. The summed E-state index contributed by atoms with van der Waals surface area (Å²) in [5.74, 6) is 0. The van der Waals surface area contributed by atoms with Gasteiger partial charge in [-0.15, -0.1) is 0 Å². The van der Waals surface area contributed by atoms with E-state index in [9.17, 15) is 9.90 Å². The molecule has 16 heavy (non-hydrogen) atoms. The van der Waals surface area contributed by atoms with Crippen LogP contribution in [-0.2, 0) is 7.05 Å². The van der Waals surface area contributed by atoms with E-state index >= 15 is 0 Å². The molecule has 1 aromatic rings. The van der Waals surface area contributed by atoms with Crippen LogP contribution in [-0.4, -0.2) is 33.6 Å². The molecule has 2 amide bonds. The number of rotatable bonds is 5. The molecule has 1 unspecified atom stereocenters. The Bertz CT molecular complexity index is 337. The van der Waals surface area contributed by atoms with Crippen LogP contribution in [0.2, 0.25) is 0 Å². The van der Waals surface area contributed by atoms with Crippen LogP contribution in [0.1, 0.15) is 19.8 Å². The summed E-state index contributed by atoms with van der Waals surface area (Å²) >= 11 is 0. The van der Waals surface area contributed by atoms with Gasteiger partial charge in [-0.05, 0) is 6.42 Å². The number of nitrogens with zero attached hydrogens (tertiary/aromatic N) is 2. The van der Waals surface area contributed by atoms with Crippen LogP contribution < -0.4 is 10.6 Å². The molecule has 0 saturated carbocycles. The fourth-order valence-electron chi connectivity index (χ4n) is 1.31. The summed E-state index contributed by atoms with van der Waals surface area (Å²) in [5.41, 5.74) is 0.630. The second kappa shape index (κ2) is 6.12. The van der Waals surface area contributed by atoms with Crippen molar-refractivity contribution >= 4 is 11.7 Å². The lowest BCUT2D eigenvalue weighted by Gasteiger charge is -2.10. The van der Waals surface area contributed by atoms with E-state index < -0.39 is 6.10 Å². The van der Waals surface area contributed by atoms with Crippen LogP contribution >= 0.6 is 0 Å². The molecule has 1 rings (SSSR count). The molecule has 0 aliphatic carbocycles. The van der Waals surface area contributed by atoms with Crippen molar-refractivity contribution in [2.24, 2.45) is 7.05 Å². The average Bonchev–Trinajstić information content (AvgIpc) is 2.61. The van der Waals surface area contributed by atoms with E-state index in [0.717, 1.165) is 6.42 Å². The van der Waals surface area contributed by atoms with Crippen molar-refractivity contribution < 1.29 is 9.90 Å². The Labute approximate surface area is 94.6 Å². The second-order valence-electron chi connectivity index (χ2n) is 3.68. The first kappa shape index (κ1) is 12.5. The third-order valence-electron chi connectivity index (χ3n) is 2.08. The van der Waals surface area contributed by atoms with Crippen molar-refractivity contribution in [2.75, 3.05) is 11.9 Å². The Morgan fingerprint density at radius 3 is 3.00 bits per heavy atom. The summed E-state index contributed by atoms with van der Waals surface area (Å²) in [6.45, 7) is 2.25. The van der Waals surface area contributed by atoms with E-state index in [1.807, 2.05) is 6.92 Å². The van der Waals surface area contributed by atoms with Gasteiger partial charge in [0, 0.05) is 19.8 Å². The van der Waals surface area contributed by atoms with Crippen molar-refractivity contribution in [2.45, 2.75) is 25.9 Å². The lowest BCUT2D eigenvalue weighted by Crippen LogP contribution is -2.35. The first-order chi connectivity index (χ1) is 7.61. The van der Waals surface area contributed by atoms with Gasteiger partial charge in [0.1, 0.15) is 0 Å². The highest BCUT2D eigenvalue weighted by Gasteiger charge is 2.06. The molecule has 0 aromatic carbocycles. The minimum Gasteiger partial charge on any atom is -0.391 e. The number of carbonyl (C=O) groups is 1. The molecule has 0 saturated heterocycles. The highest BCUT2D eigenvalue weighted by Crippen LogP contribution is 2.02. The van der Waals surface area contributed by atoms with E-state index in [4.69, 9.17) is 0 Å². The Kier molecular flexibility index (Phi) is 4.78. The third kappa shape index (κ3) is 4.31. The van der Waals surface area contributed by atoms with Gasteiger partial charge in [0.2, 0.25) is 0 Å². The van der Waals surface area contributed by atoms with Crippen molar-refractivity contribution in [3.8, 4) is 0 Å². The molecule has 6 nitrogen and oxygen atoms in total. The fourth-order valence-corrected chi connectivity index (χ4v) is 1.31. The van der Waals surface area contributed by atoms with Gasteiger partial charge in [-0.1, -0.05) is 13.3 Å². The molecule has 1 heterocycles. The molecule has 1 aromatic heterocycles. The van der Waals surface area contributed by atoms with Crippen LogP contribution in [0, 0.1) is 0 Å². The summed E-state index contributed by atoms with van der Waals surface area (Å²) in [6.07, 6.45) is 4.36. The fraction of sp³-hybridized carbons (Fsp3) is 0.600. The molecule has 0 fully saturated rings. The van der Waals surface area contributed by atoms with Gasteiger partial charge < -0.3 is 15.7 Å². The number of aryl methyl sites for hydroxylation is 1. The number of amides is 2. The second-order valence-corrected chi connectivity index (χ2v) is 3.68. The van der Waals surface area contributed by atoms with Crippen LogP contribution in [0.5, 0.6) is 0 Å². The van der Waals surface area contributed by atoms with E-state index in [0.29, 0.717) is 12.1 Å². The molecule has 6 heteroatoms. The van der Waals surface area contributed by atoms with Gasteiger partial charge in [0.15, 0.2) is 0 Å². The monoisotopic (exact) mass is 226 g/mol. The largest absolute Gasteiger partial charge is 0.391 e. The van der Waals surface area contributed by atoms with Gasteiger partial charge in [0.05, 0.1) is 18.0 Å². The van der Waals surface area contributed by atoms with Crippen molar-refractivity contribution in [3.05, 3.63) is 12.4 Å². The predicted octanol–water partition coefficient (Wildman–Crippen LogP) is 0.703. The van der Waals surface area contributed by atoms with Gasteiger partial charge in [0.25, 0.3) is 0 Å². The Morgan fingerprint density at radius 2 is 2.44 bits per heavy atom. The number of aromatic nitrogens is 2. The molecule has 0 bridgehead atoms. The van der Waals surface area contributed by atoms with Gasteiger partial charge in [-0.3, -0.25) is 4.68 Å².